The maximum Gasteiger partial charge on any atom is 0.271 e. The number of pyridine rings is 1. The van der Waals surface area contributed by atoms with E-state index in [-0.39, 0.29) is 12.3 Å². The molecule has 2 aromatic carbocycles. The van der Waals surface area contributed by atoms with Gasteiger partial charge in [0.2, 0.25) is 5.95 Å². The molecule has 36 heavy (non-hydrogen) atoms. The molecular formula is C27H28BFN6O. The number of nitriles is 1. The van der Waals surface area contributed by atoms with Gasteiger partial charge in [0.15, 0.2) is 0 Å². The van der Waals surface area contributed by atoms with Crippen molar-refractivity contribution in [1.82, 2.24) is 14.5 Å². The Balaban J connectivity index is 0.00000148. The molecule has 1 aliphatic rings. The Labute approximate surface area is 210 Å². The predicted molar refractivity (Wildman–Crippen MR) is 145 cm³/mol. The van der Waals surface area contributed by atoms with E-state index >= 15 is 0 Å². The fraction of sp³-hybridized carbons (Fsp3) is 0.259. The number of nitrogens with one attached hydrogen (secondary N) is 1. The molecule has 0 bridgehead atoms. The molecule has 0 aliphatic carbocycles. The summed E-state index contributed by atoms with van der Waals surface area (Å²) in [5.74, 6) is 2.82. The smallest absolute Gasteiger partial charge is 0.271 e. The van der Waals surface area contributed by atoms with Crippen LogP contribution in [0.4, 0.5) is 21.7 Å². The molecule has 1 fully saturated rings. The summed E-state index contributed by atoms with van der Waals surface area (Å²) in [6.45, 7) is 4.44. The van der Waals surface area contributed by atoms with Gasteiger partial charge in [-0.2, -0.15) is 4.98 Å². The van der Waals surface area contributed by atoms with Gasteiger partial charge < -0.3 is 10.2 Å². The lowest BCUT2D eigenvalue weighted by atomic mass is 9.45. The molecule has 4 aromatic rings. The predicted octanol–water partition coefficient (Wildman–Crippen LogP) is 5.19. The number of halogens is 1. The van der Waals surface area contributed by atoms with Crippen molar-refractivity contribution in [3.05, 3.63) is 77.2 Å². The minimum absolute atomic E-state index is 0.0598. The quantitative estimate of drug-likeness (QED) is 0.394. The number of aromatic nitrogens is 3. The van der Waals surface area contributed by atoms with Crippen molar-refractivity contribution >= 4 is 35.1 Å². The molecule has 1 aliphatic heterocycles. The normalized spacial score (nSPS) is 13.1. The molecule has 0 atom stereocenters. The van der Waals surface area contributed by atoms with Gasteiger partial charge in [0.25, 0.3) is 12.3 Å². The molecule has 0 amide bonds. The van der Waals surface area contributed by atoms with Crippen LogP contribution in [0.25, 0.3) is 22.2 Å². The third-order valence-electron chi connectivity index (χ3n) is 6.39. The molecule has 0 radical (unpaired) electrons. The average molecular weight is 482 g/mol. The maximum atomic E-state index is 13.2. The molecule has 0 spiro atoms. The van der Waals surface area contributed by atoms with Crippen LogP contribution in [0, 0.1) is 11.2 Å². The number of hydrogen-bond donors (Lipinski definition) is 1. The second-order valence-electron chi connectivity index (χ2n) is 8.51. The Morgan fingerprint density at radius 2 is 1.78 bits per heavy atom. The lowest BCUT2D eigenvalue weighted by Crippen LogP contribution is -2.36. The van der Waals surface area contributed by atoms with Crippen LogP contribution in [0.3, 0.4) is 0 Å². The molecule has 5 rings (SSSR count). The summed E-state index contributed by atoms with van der Waals surface area (Å²) in [7, 11) is 0.500. The lowest BCUT2D eigenvalue weighted by molar-refractivity contribution is 0.636. The van der Waals surface area contributed by atoms with Crippen LogP contribution in [-0.4, -0.2) is 41.5 Å². The Kier molecular flexibility index (Phi) is 7.96. The van der Waals surface area contributed by atoms with E-state index < -0.39 is 0 Å². The molecule has 9 heteroatoms. The van der Waals surface area contributed by atoms with Crippen LogP contribution in [0.1, 0.15) is 6.92 Å². The first kappa shape index (κ1) is 24.9. The van der Waals surface area contributed by atoms with Crippen molar-refractivity contribution in [3.8, 4) is 17.1 Å². The van der Waals surface area contributed by atoms with Gasteiger partial charge in [0.05, 0.1) is 7.18 Å². The highest BCUT2D eigenvalue weighted by molar-refractivity contribution is 6.67. The van der Waals surface area contributed by atoms with Gasteiger partial charge in [-0.25, -0.2) is 10.2 Å². The standard InChI is InChI=1S/C26H25BN6O.CH3F/c1-2-33-24-20(16-23(25(33)34)19-6-4-3-5-7-19)17-29-26(31-24)30-21-8-10-22(11-9-21)32-14-12-27(18-28)13-15-32;1-2/h3-11,16-17H,2,12-15H2,1H3,(H,29,30,31);1H3. The van der Waals surface area contributed by atoms with Crippen molar-refractivity contribution in [3.63, 3.8) is 0 Å². The number of alkyl halides is 1. The molecule has 2 aromatic heterocycles. The Hall–Kier alpha value is -4.19. The van der Waals surface area contributed by atoms with Gasteiger partial charge in [-0.15, -0.1) is 0 Å². The van der Waals surface area contributed by atoms with Crippen LogP contribution < -0.4 is 15.8 Å². The monoisotopic (exact) mass is 482 g/mol. The summed E-state index contributed by atoms with van der Waals surface area (Å²) in [4.78, 5) is 24.6. The van der Waals surface area contributed by atoms with Gasteiger partial charge >= 0.3 is 0 Å². The van der Waals surface area contributed by atoms with E-state index in [0.717, 1.165) is 48.1 Å². The van der Waals surface area contributed by atoms with Crippen molar-refractivity contribution in [1.29, 1.82) is 5.26 Å². The van der Waals surface area contributed by atoms with Crippen LogP contribution in [0.2, 0.25) is 12.6 Å². The summed E-state index contributed by atoms with van der Waals surface area (Å²) < 4.78 is 11.2. The average Bonchev–Trinajstić information content (AvgIpc) is 2.95. The minimum Gasteiger partial charge on any atom is -0.373 e. The molecule has 3 heterocycles. The second-order valence-corrected chi connectivity index (χ2v) is 8.51. The summed E-state index contributed by atoms with van der Waals surface area (Å²) in [5, 5.41) is 13.2. The number of hydrogen-bond acceptors (Lipinski definition) is 6. The molecule has 0 unspecified atom stereocenters. The molecular weight excluding hydrogens is 454 g/mol. The number of rotatable bonds is 5. The van der Waals surface area contributed by atoms with E-state index in [2.05, 4.69) is 38.3 Å². The van der Waals surface area contributed by atoms with E-state index in [1.54, 1.807) is 10.8 Å². The third-order valence-corrected chi connectivity index (χ3v) is 6.39. The van der Waals surface area contributed by atoms with E-state index in [0.29, 0.717) is 30.9 Å². The van der Waals surface area contributed by atoms with Crippen LogP contribution in [0.5, 0.6) is 0 Å². The van der Waals surface area contributed by atoms with Gasteiger partial charge in [-0.05, 0) is 55.5 Å². The topological polar surface area (TPSA) is 86.8 Å². The van der Waals surface area contributed by atoms with Gasteiger partial charge in [0.1, 0.15) is 5.65 Å². The number of benzene rings is 2. The zero-order valence-electron chi connectivity index (χ0n) is 20.5. The molecule has 1 N–H and O–H groups in total. The van der Waals surface area contributed by atoms with Gasteiger partial charge in [-0.1, -0.05) is 30.3 Å². The molecule has 1 saturated heterocycles. The summed E-state index contributed by atoms with van der Waals surface area (Å²) in [6.07, 6.45) is 3.58. The maximum absolute atomic E-state index is 13.2. The van der Waals surface area contributed by atoms with E-state index in [1.165, 1.54) is 0 Å². The molecule has 7 nitrogen and oxygen atoms in total. The van der Waals surface area contributed by atoms with Crippen molar-refractivity contribution < 1.29 is 4.39 Å². The number of anilines is 3. The van der Waals surface area contributed by atoms with Gasteiger partial charge in [0, 0.05) is 54.1 Å². The summed E-state index contributed by atoms with van der Waals surface area (Å²) >= 11 is 0. The Morgan fingerprint density at radius 3 is 2.42 bits per heavy atom. The van der Waals surface area contributed by atoms with E-state index in [4.69, 9.17) is 5.26 Å². The number of aryl methyl sites for hydroxylation is 1. The van der Waals surface area contributed by atoms with Gasteiger partial charge in [-0.3, -0.25) is 13.8 Å². The second kappa shape index (κ2) is 11.5. The lowest BCUT2D eigenvalue weighted by Gasteiger charge is -2.30. The van der Waals surface area contributed by atoms with E-state index in [1.807, 2.05) is 55.5 Å². The van der Waals surface area contributed by atoms with Crippen molar-refractivity contribution in [2.75, 3.05) is 30.5 Å². The number of fused-ring (bicyclic) bond motifs is 1. The fourth-order valence-corrected chi connectivity index (χ4v) is 4.49. The molecule has 182 valence electrons. The van der Waals surface area contributed by atoms with Crippen LogP contribution in [0.15, 0.2) is 71.7 Å². The Morgan fingerprint density at radius 1 is 1.08 bits per heavy atom. The zero-order valence-corrected chi connectivity index (χ0v) is 20.5. The third kappa shape index (κ3) is 5.23. The largest absolute Gasteiger partial charge is 0.373 e. The first-order valence-electron chi connectivity index (χ1n) is 12.0. The highest BCUT2D eigenvalue weighted by atomic mass is 19.1. The first-order chi connectivity index (χ1) is 17.7. The highest BCUT2D eigenvalue weighted by Gasteiger charge is 2.22. The fourth-order valence-electron chi connectivity index (χ4n) is 4.49. The van der Waals surface area contributed by atoms with Crippen LogP contribution in [-0.2, 0) is 6.54 Å². The zero-order chi connectivity index (χ0) is 25.5. The SMILES string of the molecule is CCn1c(=O)c(-c2ccccc2)cc2cnc(Nc3ccc(N4CCB(C#N)CC4)cc3)nc21.CF. The number of nitrogens with zero attached hydrogens (tertiary/aromatic N) is 5. The van der Waals surface area contributed by atoms with E-state index in [9.17, 15) is 9.18 Å². The summed E-state index contributed by atoms with van der Waals surface area (Å²) in [6, 6.07) is 19.7. The Bertz CT molecular complexity index is 1410. The minimum atomic E-state index is -0.0598. The summed E-state index contributed by atoms with van der Waals surface area (Å²) in [5.41, 5.74) is 4.11. The first-order valence-corrected chi connectivity index (χ1v) is 12.0. The highest BCUT2D eigenvalue weighted by Crippen LogP contribution is 2.25. The van der Waals surface area contributed by atoms with Crippen LogP contribution >= 0.6 is 0 Å². The molecule has 0 saturated carbocycles. The van der Waals surface area contributed by atoms with Crippen molar-refractivity contribution in [2.45, 2.75) is 26.1 Å². The van der Waals surface area contributed by atoms with Crippen molar-refractivity contribution in [2.24, 2.45) is 0 Å².